The molecule has 148 valence electrons. The van der Waals surface area contributed by atoms with Crippen LogP contribution in [0.1, 0.15) is 39.6 Å². The number of rotatable bonds is 5. The molecule has 7 nitrogen and oxygen atoms in total. The molecule has 2 aliphatic rings. The van der Waals surface area contributed by atoms with Gasteiger partial charge in [0.05, 0.1) is 11.1 Å². The molecule has 4 rings (SSSR count). The Bertz CT molecular complexity index is 982. The number of fused-ring (bicyclic) bond motifs is 2. The summed E-state index contributed by atoms with van der Waals surface area (Å²) in [6.45, 7) is 2.28. The highest BCUT2D eigenvalue weighted by atomic mass is 16.2. The summed E-state index contributed by atoms with van der Waals surface area (Å²) in [5.74, 6) is -1.28. The summed E-state index contributed by atoms with van der Waals surface area (Å²) >= 11 is 0. The minimum atomic E-state index is -0.623. The van der Waals surface area contributed by atoms with Gasteiger partial charge in [0.25, 0.3) is 11.8 Å². The predicted molar refractivity (Wildman–Crippen MR) is 107 cm³/mol. The Kier molecular flexibility index (Phi) is 4.88. The molecule has 2 aliphatic heterocycles. The normalized spacial score (nSPS) is 17.3. The largest absolute Gasteiger partial charge is 0.355 e. The van der Waals surface area contributed by atoms with Crippen molar-refractivity contribution in [3.05, 3.63) is 65.2 Å². The van der Waals surface area contributed by atoms with Crippen LogP contribution in [0, 0.1) is 0 Å². The van der Waals surface area contributed by atoms with Crippen molar-refractivity contribution in [2.24, 2.45) is 0 Å². The average molecular weight is 391 g/mol. The molecule has 0 saturated heterocycles. The Balaban J connectivity index is 1.52. The molecule has 2 heterocycles. The molecular formula is C22H21N3O4. The van der Waals surface area contributed by atoms with E-state index in [1.54, 1.807) is 24.3 Å². The van der Waals surface area contributed by atoms with E-state index in [-0.39, 0.29) is 36.6 Å². The fourth-order valence-electron chi connectivity index (χ4n) is 3.97. The third-order valence-corrected chi connectivity index (χ3v) is 5.33. The lowest BCUT2D eigenvalue weighted by atomic mass is 10.1. The van der Waals surface area contributed by atoms with Crippen LogP contribution in [0.5, 0.6) is 0 Å². The Morgan fingerprint density at radius 1 is 1.00 bits per heavy atom. The van der Waals surface area contributed by atoms with E-state index in [0.717, 1.165) is 10.5 Å². The second-order valence-electron chi connectivity index (χ2n) is 7.06. The zero-order valence-electron chi connectivity index (χ0n) is 16.1. The molecule has 2 aromatic carbocycles. The number of carbonyl (C=O) groups is 4. The second-order valence-corrected chi connectivity index (χ2v) is 7.06. The summed E-state index contributed by atoms with van der Waals surface area (Å²) in [6.07, 6.45) is 0.399. The molecule has 0 aromatic heterocycles. The Morgan fingerprint density at radius 2 is 1.62 bits per heavy atom. The van der Waals surface area contributed by atoms with E-state index in [1.165, 1.54) is 4.90 Å². The van der Waals surface area contributed by atoms with Crippen molar-refractivity contribution in [3.8, 4) is 0 Å². The lowest BCUT2D eigenvalue weighted by Crippen LogP contribution is -2.48. The molecule has 1 unspecified atom stereocenters. The maximum absolute atomic E-state index is 13.1. The molecule has 4 amide bonds. The number of hydrogen-bond acceptors (Lipinski definition) is 4. The van der Waals surface area contributed by atoms with Crippen molar-refractivity contribution in [1.82, 2.24) is 10.2 Å². The number of nitrogens with zero attached hydrogens (tertiary/aromatic N) is 2. The molecule has 0 aliphatic carbocycles. The number of para-hydroxylation sites is 1. The second kappa shape index (κ2) is 7.50. The maximum Gasteiger partial charge on any atom is 0.261 e. The molecule has 1 atom stereocenters. The predicted octanol–water partition coefficient (Wildman–Crippen LogP) is 1.77. The summed E-state index contributed by atoms with van der Waals surface area (Å²) in [7, 11) is 0. The van der Waals surface area contributed by atoms with E-state index < -0.39 is 6.04 Å². The maximum atomic E-state index is 13.1. The topological polar surface area (TPSA) is 86.8 Å². The van der Waals surface area contributed by atoms with Gasteiger partial charge in [0.2, 0.25) is 11.8 Å². The number of carbonyl (C=O) groups excluding carboxylic acids is 4. The molecule has 7 heteroatoms. The van der Waals surface area contributed by atoms with Gasteiger partial charge in [-0.3, -0.25) is 29.0 Å². The number of nitrogens with one attached hydrogen (secondary N) is 1. The summed E-state index contributed by atoms with van der Waals surface area (Å²) < 4.78 is 0. The van der Waals surface area contributed by atoms with Gasteiger partial charge in [-0.15, -0.1) is 0 Å². The quantitative estimate of drug-likeness (QED) is 0.787. The smallest absolute Gasteiger partial charge is 0.261 e. The number of anilines is 1. The van der Waals surface area contributed by atoms with Gasteiger partial charge in [-0.1, -0.05) is 30.3 Å². The first-order valence-corrected chi connectivity index (χ1v) is 9.65. The first-order valence-electron chi connectivity index (χ1n) is 9.65. The van der Waals surface area contributed by atoms with Gasteiger partial charge in [-0.2, -0.15) is 0 Å². The van der Waals surface area contributed by atoms with Crippen LogP contribution in [0.4, 0.5) is 5.69 Å². The molecule has 2 aromatic rings. The van der Waals surface area contributed by atoms with Crippen molar-refractivity contribution < 1.29 is 19.2 Å². The lowest BCUT2D eigenvalue weighted by molar-refractivity contribution is -0.126. The molecule has 0 saturated carbocycles. The Labute approximate surface area is 168 Å². The van der Waals surface area contributed by atoms with E-state index in [2.05, 4.69) is 5.32 Å². The van der Waals surface area contributed by atoms with Gasteiger partial charge >= 0.3 is 0 Å². The van der Waals surface area contributed by atoms with Gasteiger partial charge < -0.3 is 5.32 Å². The lowest BCUT2D eigenvalue weighted by Gasteiger charge is -2.25. The minimum absolute atomic E-state index is 0.0219. The Hall–Kier alpha value is -3.48. The molecule has 1 N–H and O–H groups in total. The van der Waals surface area contributed by atoms with E-state index in [4.69, 9.17) is 0 Å². The number of hydrogen-bond donors (Lipinski definition) is 1. The SMILES string of the molecule is CCNC(=O)C1Cc2ccccc2N1C(=O)CCN1C(=O)c2ccccc2C1=O. The van der Waals surface area contributed by atoms with Crippen molar-refractivity contribution in [3.63, 3.8) is 0 Å². The number of benzene rings is 2. The average Bonchev–Trinajstić information content (AvgIpc) is 3.23. The van der Waals surface area contributed by atoms with Gasteiger partial charge in [-0.05, 0) is 30.7 Å². The first kappa shape index (κ1) is 18.9. The number of amides is 4. The van der Waals surface area contributed by atoms with Gasteiger partial charge in [0.1, 0.15) is 6.04 Å². The van der Waals surface area contributed by atoms with Crippen molar-refractivity contribution in [2.45, 2.75) is 25.8 Å². The van der Waals surface area contributed by atoms with Crippen molar-refractivity contribution in [1.29, 1.82) is 0 Å². The van der Waals surface area contributed by atoms with Crippen LogP contribution >= 0.6 is 0 Å². The Morgan fingerprint density at radius 3 is 2.28 bits per heavy atom. The molecule has 0 spiro atoms. The zero-order chi connectivity index (χ0) is 20.5. The van der Waals surface area contributed by atoms with E-state index in [9.17, 15) is 19.2 Å². The monoisotopic (exact) mass is 391 g/mol. The molecule has 0 fully saturated rings. The van der Waals surface area contributed by atoms with Crippen LogP contribution in [0.25, 0.3) is 0 Å². The van der Waals surface area contributed by atoms with Crippen LogP contribution in [-0.2, 0) is 16.0 Å². The fraction of sp³-hybridized carbons (Fsp3) is 0.273. The number of imide groups is 1. The van der Waals surface area contributed by atoms with Gasteiger partial charge in [0.15, 0.2) is 0 Å². The van der Waals surface area contributed by atoms with Crippen LogP contribution in [-0.4, -0.2) is 47.7 Å². The number of likely N-dealkylation sites (N-methyl/N-ethyl adjacent to an activating group) is 1. The standard InChI is InChI=1S/C22H21N3O4/c1-2-23-20(27)18-13-14-7-3-6-10-17(14)25(18)19(26)11-12-24-21(28)15-8-4-5-9-16(15)22(24)29/h3-10,18H,2,11-13H2,1H3,(H,23,27). The highest BCUT2D eigenvalue weighted by molar-refractivity contribution is 6.21. The fourth-order valence-corrected chi connectivity index (χ4v) is 3.97. The molecule has 0 bridgehead atoms. The summed E-state index contributed by atoms with van der Waals surface area (Å²) in [5.41, 5.74) is 2.35. The summed E-state index contributed by atoms with van der Waals surface area (Å²) in [4.78, 5) is 53.2. The van der Waals surface area contributed by atoms with E-state index in [0.29, 0.717) is 29.8 Å². The minimum Gasteiger partial charge on any atom is -0.355 e. The molecule has 0 radical (unpaired) electrons. The summed E-state index contributed by atoms with van der Waals surface area (Å²) in [6, 6.07) is 13.4. The van der Waals surface area contributed by atoms with Crippen LogP contribution < -0.4 is 10.2 Å². The van der Waals surface area contributed by atoms with E-state index in [1.807, 2.05) is 31.2 Å². The highest BCUT2D eigenvalue weighted by Crippen LogP contribution is 2.33. The van der Waals surface area contributed by atoms with Gasteiger partial charge in [-0.25, -0.2) is 0 Å². The van der Waals surface area contributed by atoms with Crippen molar-refractivity contribution in [2.75, 3.05) is 18.0 Å². The van der Waals surface area contributed by atoms with Crippen LogP contribution in [0.2, 0.25) is 0 Å². The van der Waals surface area contributed by atoms with Crippen LogP contribution in [0.15, 0.2) is 48.5 Å². The zero-order valence-corrected chi connectivity index (χ0v) is 16.1. The molecular weight excluding hydrogens is 370 g/mol. The first-order chi connectivity index (χ1) is 14.0. The van der Waals surface area contributed by atoms with Crippen LogP contribution in [0.3, 0.4) is 0 Å². The highest BCUT2D eigenvalue weighted by Gasteiger charge is 2.39. The van der Waals surface area contributed by atoms with Crippen molar-refractivity contribution >= 4 is 29.3 Å². The third-order valence-electron chi connectivity index (χ3n) is 5.33. The van der Waals surface area contributed by atoms with E-state index >= 15 is 0 Å². The third kappa shape index (κ3) is 3.18. The molecule has 29 heavy (non-hydrogen) atoms. The summed E-state index contributed by atoms with van der Waals surface area (Å²) in [5, 5.41) is 2.78. The van der Waals surface area contributed by atoms with Gasteiger partial charge in [0, 0.05) is 31.6 Å².